The summed E-state index contributed by atoms with van der Waals surface area (Å²) in [7, 11) is 0. The highest BCUT2D eigenvalue weighted by molar-refractivity contribution is 5.75. The third kappa shape index (κ3) is 7.28. The lowest BCUT2D eigenvalue weighted by molar-refractivity contribution is -0.120. The summed E-state index contributed by atoms with van der Waals surface area (Å²) in [6, 6.07) is 0. The van der Waals surface area contributed by atoms with E-state index in [2.05, 4.69) is 5.32 Å². The minimum Gasteiger partial charge on any atom is -0.353 e. The number of hydrogen-bond acceptors (Lipinski definition) is 2. The van der Waals surface area contributed by atoms with E-state index >= 15 is 0 Å². The normalized spacial score (nSPS) is 9.25. The Morgan fingerprint density at radius 2 is 2.17 bits per heavy atom. The Morgan fingerprint density at radius 1 is 1.50 bits per heavy atom. The summed E-state index contributed by atoms with van der Waals surface area (Å²) in [5.74, 6) is 0.0814. The molecular weight excluding hydrogens is 152 g/mol. The van der Waals surface area contributed by atoms with Gasteiger partial charge in [-0.25, -0.2) is 0 Å². The van der Waals surface area contributed by atoms with Gasteiger partial charge in [0.2, 0.25) is 5.91 Å². The van der Waals surface area contributed by atoms with Gasteiger partial charge in [0.15, 0.2) is 0 Å². The zero-order chi connectivity index (χ0) is 9.40. The van der Waals surface area contributed by atoms with Crippen LogP contribution >= 0.6 is 0 Å². The molecule has 3 heteroatoms. The maximum Gasteiger partial charge on any atom is 0.220 e. The summed E-state index contributed by atoms with van der Waals surface area (Å²) in [5, 5.41) is 2.78. The molecule has 0 rings (SSSR count). The highest BCUT2D eigenvalue weighted by atomic mass is 16.1. The average Bonchev–Trinajstić information content (AvgIpc) is 2.00. The molecule has 0 aromatic carbocycles. The first-order chi connectivity index (χ1) is 5.66. The molecule has 3 nitrogen and oxygen atoms in total. The smallest absolute Gasteiger partial charge is 0.220 e. The van der Waals surface area contributed by atoms with E-state index < -0.39 is 0 Å². The quantitative estimate of drug-likeness (QED) is 0.600. The number of allylic oxidation sites excluding steroid dienone is 1. The summed E-state index contributed by atoms with van der Waals surface area (Å²) >= 11 is 0. The van der Waals surface area contributed by atoms with Gasteiger partial charge in [-0.3, -0.25) is 4.79 Å². The summed E-state index contributed by atoms with van der Waals surface area (Å²) in [5.41, 5.74) is 6.48. The topological polar surface area (TPSA) is 55.1 Å². The maximum absolute atomic E-state index is 11.0. The van der Waals surface area contributed by atoms with E-state index in [1.165, 1.54) is 5.57 Å². The zero-order valence-corrected chi connectivity index (χ0v) is 7.89. The SMILES string of the molecule is CC(C)=CCNC(=O)CCCN. The van der Waals surface area contributed by atoms with E-state index in [1.807, 2.05) is 19.9 Å². The second kappa shape index (κ2) is 6.85. The van der Waals surface area contributed by atoms with Crippen LogP contribution in [0.5, 0.6) is 0 Å². The fraction of sp³-hybridized carbons (Fsp3) is 0.667. The van der Waals surface area contributed by atoms with Crippen LogP contribution in [-0.2, 0) is 4.79 Å². The van der Waals surface area contributed by atoms with Gasteiger partial charge in [0, 0.05) is 13.0 Å². The molecule has 0 unspecified atom stereocenters. The molecule has 0 aromatic heterocycles. The van der Waals surface area contributed by atoms with Crippen molar-refractivity contribution in [3.63, 3.8) is 0 Å². The first-order valence-corrected chi connectivity index (χ1v) is 4.27. The number of carbonyl (C=O) groups is 1. The van der Waals surface area contributed by atoms with Crippen LogP contribution in [0.2, 0.25) is 0 Å². The Balaban J connectivity index is 3.38. The van der Waals surface area contributed by atoms with Crippen molar-refractivity contribution >= 4 is 5.91 Å². The molecule has 0 atom stereocenters. The van der Waals surface area contributed by atoms with Gasteiger partial charge < -0.3 is 11.1 Å². The fourth-order valence-corrected chi connectivity index (χ4v) is 0.720. The van der Waals surface area contributed by atoms with Crippen LogP contribution in [0.15, 0.2) is 11.6 Å². The zero-order valence-electron chi connectivity index (χ0n) is 7.89. The van der Waals surface area contributed by atoms with E-state index in [-0.39, 0.29) is 5.91 Å². The van der Waals surface area contributed by atoms with Crippen molar-refractivity contribution in [2.45, 2.75) is 26.7 Å². The molecule has 0 aliphatic rings. The van der Waals surface area contributed by atoms with Gasteiger partial charge in [0.25, 0.3) is 0 Å². The molecule has 70 valence electrons. The Morgan fingerprint density at radius 3 is 2.67 bits per heavy atom. The number of nitrogens with two attached hydrogens (primary N) is 1. The van der Waals surface area contributed by atoms with Crippen molar-refractivity contribution in [1.29, 1.82) is 0 Å². The highest BCUT2D eigenvalue weighted by Gasteiger charge is 1.96. The number of amides is 1. The van der Waals surface area contributed by atoms with Gasteiger partial charge in [-0.2, -0.15) is 0 Å². The van der Waals surface area contributed by atoms with E-state index in [4.69, 9.17) is 5.73 Å². The van der Waals surface area contributed by atoms with E-state index in [0.29, 0.717) is 19.5 Å². The molecular formula is C9H18N2O. The first kappa shape index (κ1) is 11.2. The van der Waals surface area contributed by atoms with Crippen LogP contribution in [0.1, 0.15) is 26.7 Å². The Hall–Kier alpha value is -0.830. The maximum atomic E-state index is 11.0. The lowest BCUT2D eigenvalue weighted by atomic mass is 10.3. The molecule has 0 aliphatic heterocycles. The lowest BCUT2D eigenvalue weighted by Gasteiger charge is -2.00. The Labute approximate surface area is 74.0 Å². The van der Waals surface area contributed by atoms with Crippen molar-refractivity contribution in [2.24, 2.45) is 5.73 Å². The molecule has 0 spiro atoms. The molecule has 0 fully saturated rings. The molecule has 3 N–H and O–H groups in total. The summed E-state index contributed by atoms with van der Waals surface area (Å²) in [6.45, 7) is 5.22. The van der Waals surface area contributed by atoms with Gasteiger partial charge in [0.1, 0.15) is 0 Å². The van der Waals surface area contributed by atoms with E-state index in [9.17, 15) is 4.79 Å². The number of nitrogens with one attached hydrogen (secondary N) is 1. The van der Waals surface area contributed by atoms with Crippen LogP contribution in [0.25, 0.3) is 0 Å². The third-order valence-electron chi connectivity index (χ3n) is 1.42. The summed E-state index contributed by atoms with van der Waals surface area (Å²) in [6.07, 6.45) is 3.29. The molecule has 12 heavy (non-hydrogen) atoms. The summed E-state index contributed by atoms with van der Waals surface area (Å²) < 4.78 is 0. The van der Waals surface area contributed by atoms with E-state index in [0.717, 1.165) is 6.42 Å². The van der Waals surface area contributed by atoms with Crippen LogP contribution in [0.3, 0.4) is 0 Å². The van der Waals surface area contributed by atoms with Crippen LogP contribution in [-0.4, -0.2) is 19.0 Å². The van der Waals surface area contributed by atoms with Crippen molar-refractivity contribution in [2.75, 3.05) is 13.1 Å². The number of hydrogen-bond donors (Lipinski definition) is 2. The van der Waals surface area contributed by atoms with Gasteiger partial charge >= 0.3 is 0 Å². The third-order valence-corrected chi connectivity index (χ3v) is 1.42. The predicted molar refractivity (Wildman–Crippen MR) is 50.7 cm³/mol. The monoisotopic (exact) mass is 170 g/mol. The highest BCUT2D eigenvalue weighted by Crippen LogP contribution is 1.88. The second-order valence-electron chi connectivity index (χ2n) is 2.98. The predicted octanol–water partition coefficient (Wildman–Crippen LogP) is 0.808. The van der Waals surface area contributed by atoms with Gasteiger partial charge in [0.05, 0.1) is 0 Å². The number of carbonyl (C=O) groups excluding carboxylic acids is 1. The largest absolute Gasteiger partial charge is 0.353 e. The Kier molecular flexibility index (Phi) is 6.38. The van der Waals surface area contributed by atoms with Gasteiger partial charge in [-0.05, 0) is 26.8 Å². The molecule has 0 saturated carbocycles. The molecule has 0 heterocycles. The first-order valence-electron chi connectivity index (χ1n) is 4.27. The van der Waals surface area contributed by atoms with Crippen molar-refractivity contribution in [1.82, 2.24) is 5.32 Å². The minimum atomic E-state index is 0.0814. The van der Waals surface area contributed by atoms with E-state index in [1.54, 1.807) is 0 Å². The molecule has 0 saturated heterocycles. The van der Waals surface area contributed by atoms with Crippen molar-refractivity contribution < 1.29 is 4.79 Å². The van der Waals surface area contributed by atoms with Crippen molar-refractivity contribution in [3.8, 4) is 0 Å². The van der Waals surface area contributed by atoms with Gasteiger partial charge in [-0.1, -0.05) is 11.6 Å². The standard InChI is InChI=1S/C9H18N2O/c1-8(2)5-7-11-9(12)4-3-6-10/h5H,3-4,6-7,10H2,1-2H3,(H,11,12). The van der Waals surface area contributed by atoms with Gasteiger partial charge in [-0.15, -0.1) is 0 Å². The van der Waals surface area contributed by atoms with Crippen LogP contribution in [0.4, 0.5) is 0 Å². The molecule has 0 aromatic rings. The summed E-state index contributed by atoms with van der Waals surface area (Å²) in [4.78, 5) is 11.0. The van der Waals surface area contributed by atoms with Crippen LogP contribution < -0.4 is 11.1 Å². The fourth-order valence-electron chi connectivity index (χ4n) is 0.720. The molecule has 0 bridgehead atoms. The Bertz CT molecular complexity index is 160. The lowest BCUT2D eigenvalue weighted by Crippen LogP contribution is -2.23. The molecule has 0 aliphatic carbocycles. The number of rotatable bonds is 5. The van der Waals surface area contributed by atoms with Crippen LogP contribution in [0, 0.1) is 0 Å². The molecule has 1 amide bonds. The molecule has 0 radical (unpaired) electrons. The van der Waals surface area contributed by atoms with Crippen molar-refractivity contribution in [3.05, 3.63) is 11.6 Å². The minimum absolute atomic E-state index is 0.0814. The second-order valence-corrected chi connectivity index (χ2v) is 2.98. The average molecular weight is 170 g/mol.